The highest BCUT2D eigenvalue weighted by molar-refractivity contribution is 7.22. The quantitative estimate of drug-likeness (QED) is 0.187. The van der Waals surface area contributed by atoms with Crippen LogP contribution in [0.2, 0.25) is 0 Å². The lowest BCUT2D eigenvalue weighted by atomic mass is 9.94. The number of ether oxygens (including phenoxy) is 3. The number of hydrogen-bond donors (Lipinski definition) is 1. The van der Waals surface area contributed by atoms with Crippen molar-refractivity contribution < 1.29 is 33.3 Å². The van der Waals surface area contributed by atoms with Crippen LogP contribution in [0.25, 0.3) is 16.0 Å². The van der Waals surface area contributed by atoms with Crippen LogP contribution in [0, 0.1) is 19.7 Å². The summed E-state index contributed by atoms with van der Waals surface area (Å²) in [4.78, 5) is 33.1. The number of Topliss-reactive ketones (excluding diaryl/α,β-unsaturated/α-hetero) is 1. The number of nitrogens with zero attached hydrogens (tertiary/aromatic N) is 2. The number of benzene rings is 3. The minimum absolute atomic E-state index is 0.173. The van der Waals surface area contributed by atoms with E-state index in [9.17, 15) is 19.1 Å². The van der Waals surface area contributed by atoms with E-state index in [4.69, 9.17) is 19.2 Å². The normalized spacial score (nSPS) is 16.7. The van der Waals surface area contributed by atoms with E-state index in [1.165, 1.54) is 49.7 Å². The van der Waals surface area contributed by atoms with Crippen molar-refractivity contribution in [1.82, 2.24) is 4.98 Å². The summed E-state index contributed by atoms with van der Waals surface area (Å²) in [7, 11) is 4.37. The Kier molecular flexibility index (Phi) is 6.73. The number of aliphatic hydroxyl groups excluding tert-OH is 1. The Labute approximate surface area is 227 Å². The van der Waals surface area contributed by atoms with Crippen LogP contribution < -0.4 is 19.1 Å². The van der Waals surface area contributed by atoms with Crippen LogP contribution in [0.5, 0.6) is 17.2 Å². The number of fused-ring (bicyclic) bond motifs is 1. The Hall–Kier alpha value is -4.44. The van der Waals surface area contributed by atoms with E-state index >= 15 is 0 Å². The Morgan fingerprint density at radius 3 is 2.21 bits per heavy atom. The smallest absolute Gasteiger partial charge is 0.301 e. The number of carbonyl (C=O) groups excluding carboxylic acids is 2. The number of hydrogen-bond acceptors (Lipinski definition) is 8. The number of aromatic nitrogens is 1. The second kappa shape index (κ2) is 10.0. The third kappa shape index (κ3) is 4.36. The van der Waals surface area contributed by atoms with E-state index < -0.39 is 29.3 Å². The minimum Gasteiger partial charge on any atom is -0.507 e. The van der Waals surface area contributed by atoms with Crippen molar-refractivity contribution in [2.45, 2.75) is 19.9 Å². The summed E-state index contributed by atoms with van der Waals surface area (Å²) < 4.78 is 31.0. The largest absolute Gasteiger partial charge is 0.507 e. The van der Waals surface area contributed by atoms with Gasteiger partial charge in [0.05, 0.1) is 43.2 Å². The standard InChI is InChI=1S/C29H25FN2O6S/c1-14-10-15(2)23-21(11-14)39-29(31-23)32-24(17-12-19(36-3)27(38-5)20(13-17)37-4)22(26(34)28(32)35)25(33)16-6-8-18(30)9-7-16/h6-13,24,33H,1-5H3/b25-22+/t24-/m0/s1. The van der Waals surface area contributed by atoms with Crippen molar-refractivity contribution in [2.24, 2.45) is 0 Å². The molecule has 200 valence electrons. The van der Waals surface area contributed by atoms with Crippen molar-refractivity contribution in [1.29, 1.82) is 0 Å². The molecule has 39 heavy (non-hydrogen) atoms. The molecule has 1 aliphatic heterocycles. The second-order valence-electron chi connectivity index (χ2n) is 9.06. The third-order valence-corrected chi connectivity index (χ3v) is 7.59. The van der Waals surface area contributed by atoms with E-state index in [0.29, 0.717) is 28.3 Å². The maximum absolute atomic E-state index is 13.6. The molecule has 1 saturated heterocycles. The van der Waals surface area contributed by atoms with Gasteiger partial charge in [-0.05, 0) is 73.0 Å². The van der Waals surface area contributed by atoms with E-state index in [1.807, 2.05) is 26.0 Å². The predicted octanol–water partition coefficient (Wildman–Crippen LogP) is 5.70. The average Bonchev–Trinajstić information content (AvgIpc) is 3.46. The topological polar surface area (TPSA) is 98.2 Å². The first-order valence-corrected chi connectivity index (χ1v) is 12.7. The zero-order valence-electron chi connectivity index (χ0n) is 21.9. The molecule has 10 heteroatoms. The lowest BCUT2D eigenvalue weighted by Gasteiger charge is -2.24. The van der Waals surface area contributed by atoms with Crippen molar-refractivity contribution >= 4 is 44.1 Å². The van der Waals surface area contributed by atoms with Crippen LogP contribution in [0.4, 0.5) is 9.52 Å². The number of anilines is 1. The summed E-state index contributed by atoms with van der Waals surface area (Å²) in [6.45, 7) is 3.90. The van der Waals surface area contributed by atoms with Gasteiger partial charge in [0, 0.05) is 5.56 Å². The zero-order valence-corrected chi connectivity index (χ0v) is 22.7. The van der Waals surface area contributed by atoms with Crippen molar-refractivity contribution in [2.75, 3.05) is 26.2 Å². The molecule has 1 N–H and O–H groups in total. The lowest BCUT2D eigenvalue weighted by Crippen LogP contribution is -2.29. The predicted molar refractivity (Wildman–Crippen MR) is 146 cm³/mol. The zero-order chi connectivity index (χ0) is 28.0. The molecule has 2 heterocycles. The fourth-order valence-corrected chi connectivity index (χ4v) is 6.00. The molecule has 1 atom stereocenters. The SMILES string of the molecule is COc1cc([C@H]2/C(=C(\O)c3ccc(F)cc3)C(=O)C(=O)N2c2nc3c(C)cc(C)cc3s2)cc(OC)c1OC. The molecular weight excluding hydrogens is 523 g/mol. The van der Waals surface area contributed by atoms with Gasteiger partial charge in [-0.25, -0.2) is 9.37 Å². The highest BCUT2D eigenvalue weighted by Crippen LogP contribution is 2.48. The molecule has 0 spiro atoms. The summed E-state index contributed by atoms with van der Waals surface area (Å²) >= 11 is 1.27. The Bertz CT molecular complexity index is 1640. The van der Waals surface area contributed by atoms with Crippen LogP contribution in [0.15, 0.2) is 54.1 Å². The number of aliphatic hydroxyl groups is 1. The first kappa shape index (κ1) is 26.2. The van der Waals surface area contributed by atoms with E-state index in [0.717, 1.165) is 28.0 Å². The minimum atomic E-state index is -1.09. The highest BCUT2D eigenvalue weighted by atomic mass is 32.1. The van der Waals surface area contributed by atoms with Gasteiger partial charge in [-0.2, -0.15) is 0 Å². The summed E-state index contributed by atoms with van der Waals surface area (Å²) in [5.41, 5.74) is 3.11. The van der Waals surface area contributed by atoms with Gasteiger partial charge in [0.1, 0.15) is 11.6 Å². The monoisotopic (exact) mass is 548 g/mol. The summed E-state index contributed by atoms with van der Waals surface area (Å²) in [6.07, 6.45) is 0. The molecule has 4 aromatic rings. The molecule has 0 unspecified atom stereocenters. The number of thiazole rings is 1. The fraction of sp³-hybridized carbons (Fsp3) is 0.207. The van der Waals surface area contributed by atoms with Gasteiger partial charge in [0.2, 0.25) is 5.75 Å². The Morgan fingerprint density at radius 1 is 0.974 bits per heavy atom. The molecule has 0 radical (unpaired) electrons. The van der Waals surface area contributed by atoms with Gasteiger partial charge < -0.3 is 19.3 Å². The molecule has 1 fully saturated rings. The highest BCUT2D eigenvalue weighted by Gasteiger charge is 2.48. The van der Waals surface area contributed by atoms with Crippen molar-refractivity contribution in [3.05, 3.63) is 82.2 Å². The first-order valence-electron chi connectivity index (χ1n) is 11.9. The van der Waals surface area contributed by atoms with Crippen LogP contribution in [-0.4, -0.2) is 43.1 Å². The number of carbonyl (C=O) groups is 2. The molecular formula is C29H25FN2O6S. The Morgan fingerprint density at radius 2 is 1.62 bits per heavy atom. The molecule has 5 rings (SSSR count). The van der Waals surface area contributed by atoms with E-state index in [2.05, 4.69) is 0 Å². The summed E-state index contributed by atoms with van der Waals surface area (Å²) in [5, 5.41) is 11.6. The number of methoxy groups -OCH3 is 3. The van der Waals surface area contributed by atoms with Crippen molar-refractivity contribution in [3.8, 4) is 17.2 Å². The van der Waals surface area contributed by atoms with Gasteiger partial charge in [-0.15, -0.1) is 0 Å². The van der Waals surface area contributed by atoms with Crippen LogP contribution in [0.3, 0.4) is 0 Å². The molecule has 0 saturated carbocycles. The third-order valence-electron chi connectivity index (χ3n) is 6.59. The number of rotatable bonds is 6. The van der Waals surface area contributed by atoms with Crippen molar-refractivity contribution in [3.63, 3.8) is 0 Å². The first-order chi connectivity index (χ1) is 18.7. The van der Waals surface area contributed by atoms with Crippen LogP contribution >= 0.6 is 11.3 Å². The number of aryl methyl sites for hydroxylation is 2. The molecule has 1 amide bonds. The van der Waals surface area contributed by atoms with Gasteiger partial charge in [-0.1, -0.05) is 17.4 Å². The number of amides is 1. The summed E-state index contributed by atoms with van der Waals surface area (Å²) in [5.74, 6) is -1.78. The lowest BCUT2D eigenvalue weighted by molar-refractivity contribution is -0.132. The maximum atomic E-state index is 13.6. The molecule has 0 aliphatic carbocycles. The molecule has 1 aromatic heterocycles. The molecule has 0 bridgehead atoms. The van der Waals surface area contributed by atoms with Crippen LogP contribution in [-0.2, 0) is 9.59 Å². The number of halogens is 1. The molecule has 1 aliphatic rings. The molecule has 3 aromatic carbocycles. The number of ketones is 1. The van der Waals surface area contributed by atoms with Gasteiger partial charge >= 0.3 is 5.91 Å². The average molecular weight is 549 g/mol. The molecule has 8 nitrogen and oxygen atoms in total. The maximum Gasteiger partial charge on any atom is 0.301 e. The van der Waals surface area contributed by atoms with Gasteiger partial charge in [0.15, 0.2) is 16.6 Å². The van der Waals surface area contributed by atoms with Crippen LogP contribution in [0.1, 0.15) is 28.3 Å². The summed E-state index contributed by atoms with van der Waals surface area (Å²) in [6, 6.07) is 11.1. The fourth-order valence-electron chi connectivity index (χ4n) is 4.83. The van der Waals surface area contributed by atoms with E-state index in [-0.39, 0.29) is 16.3 Å². The van der Waals surface area contributed by atoms with E-state index in [1.54, 1.807) is 12.1 Å². The Balaban J connectivity index is 1.80. The van der Waals surface area contributed by atoms with Gasteiger partial charge in [-0.3, -0.25) is 14.5 Å². The second-order valence-corrected chi connectivity index (χ2v) is 10.1. The van der Waals surface area contributed by atoms with Gasteiger partial charge in [0.25, 0.3) is 5.78 Å².